The van der Waals surface area contributed by atoms with Crippen LogP contribution >= 0.6 is 0 Å². The molecule has 4 N–H and O–H groups in total. The average Bonchev–Trinajstić information content (AvgIpc) is 2.31. The molecule has 0 spiro atoms. The van der Waals surface area contributed by atoms with Gasteiger partial charge in [0.05, 0.1) is 6.10 Å². The largest absolute Gasteiger partial charge is 0.399 e. The van der Waals surface area contributed by atoms with E-state index in [1.165, 1.54) is 0 Å². The third kappa shape index (κ3) is 6.79. The maximum atomic E-state index is 11.7. The summed E-state index contributed by atoms with van der Waals surface area (Å²) in [5, 5.41) is 12.0. The molecule has 1 rings (SSSR count). The molecular weight excluding hydrogens is 242 g/mol. The third-order valence-corrected chi connectivity index (χ3v) is 2.71. The molecule has 0 aliphatic rings. The van der Waals surface area contributed by atoms with Crippen LogP contribution in [0, 0.1) is 0 Å². The highest BCUT2D eigenvalue weighted by atomic mass is 16.3. The molecule has 1 unspecified atom stereocenters. The van der Waals surface area contributed by atoms with Gasteiger partial charge in [0.15, 0.2) is 0 Å². The lowest BCUT2D eigenvalue weighted by Gasteiger charge is -2.17. The molecule has 0 saturated heterocycles. The number of nitrogen functional groups attached to an aromatic ring is 1. The van der Waals surface area contributed by atoms with Crippen LogP contribution in [0.15, 0.2) is 24.3 Å². The van der Waals surface area contributed by atoms with Crippen molar-refractivity contribution in [3.63, 3.8) is 0 Å². The molecular formula is C14H23N3O2. The van der Waals surface area contributed by atoms with Gasteiger partial charge in [0.25, 0.3) is 0 Å². The first kappa shape index (κ1) is 15.5. The normalized spacial score (nSPS) is 12.4. The quantitative estimate of drug-likeness (QED) is 0.649. The zero-order valence-corrected chi connectivity index (χ0v) is 11.6. The number of anilines is 2. The van der Waals surface area contributed by atoms with Crippen molar-refractivity contribution < 1.29 is 9.90 Å². The Hall–Kier alpha value is -1.59. The zero-order valence-electron chi connectivity index (χ0n) is 11.6. The van der Waals surface area contributed by atoms with Gasteiger partial charge in [-0.25, -0.2) is 0 Å². The fourth-order valence-corrected chi connectivity index (χ4v) is 1.84. The number of hydrogen-bond donors (Lipinski definition) is 3. The lowest BCUT2D eigenvalue weighted by atomic mass is 10.2. The summed E-state index contributed by atoms with van der Waals surface area (Å²) in [6.07, 6.45) is 0.895. The van der Waals surface area contributed by atoms with Gasteiger partial charge in [-0.15, -0.1) is 0 Å². The van der Waals surface area contributed by atoms with E-state index in [0.717, 1.165) is 18.7 Å². The van der Waals surface area contributed by atoms with Gasteiger partial charge in [0, 0.05) is 24.3 Å². The second kappa shape index (κ2) is 7.76. The molecule has 19 heavy (non-hydrogen) atoms. The van der Waals surface area contributed by atoms with Crippen LogP contribution in [-0.4, -0.2) is 42.2 Å². The van der Waals surface area contributed by atoms with Crippen molar-refractivity contribution in [3.05, 3.63) is 24.3 Å². The van der Waals surface area contributed by atoms with Crippen molar-refractivity contribution in [2.24, 2.45) is 0 Å². The van der Waals surface area contributed by atoms with Crippen LogP contribution in [0.5, 0.6) is 0 Å². The van der Waals surface area contributed by atoms with Crippen LogP contribution in [0.1, 0.15) is 19.8 Å². The van der Waals surface area contributed by atoms with Crippen molar-refractivity contribution >= 4 is 17.3 Å². The van der Waals surface area contributed by atoms with Gasteiger partial charge in [0.2, 0.25) is 5.91 Å². The molecule has 0 aliphatic heterocycles. The molecule has 1 aromatic rings. The Balaban J connectivity index is 2.23. The second-order valence-corrected chi connectivity index (χ2v) is 4.89. The van der Waals surface area contributed by atoms with Crippen LogP contribution in [0.4, 0.5) is 11.4 Å². The number of rotatable bonds is 7. The fourth-order valence-electron chi connectivity index (χ4n) is 1.84. The summed E-state index contributed by atoms with van der Waals surface area (Å²) < 4.78 is 0. The summed E-state index contributed by atoms with van der Waals surface area (Å²) in [5.41, 5.74) is 7.01. The summed E-state index contributed by atoms with van der Waals surface area (Å²) in [7, 11) is 1.94. The Bertz CT molecular complexity index is 390. The molecule has 0 heterocycles. The highest BCUT2D eigenvalue weighted by molar-refractivity contribution is 5.90. The zero-order chi connectivity index (χ0) is 14.3. The Kier molecular flexibility index (Phi) is 6.32. The SMILES string of the molecule is CC(O)CN(C)CCCC(=O)Nc1ccc(N)cc1. The summed E-state index contributed by atoms with van der Waals surface area (Å²) in [5.74, 6) is -0.00443. The minimum Gasteiger partial charge on any atom is -0.399 e. The lowest BCUT2D eigenvalue weighted by molar-refractivity contribution is -0.116. The molecule has 5 heteroatoms. The van der Waals surface area contributed by atoms with Gasteiger partial charge in [-0.05, 0) is 51.2 Å². The first-order chi connectivity index (χ1) is 8.97. The van der Waals surface area contributed by atoms with Crippen molar-refractivity contribution in [1.82, 2.24) is 4.90 Å². The minimum atomic E-state index is -0.339. The number of nitrogens with one attached hydrogen (secondary N) is 1. The van der Waals surface area contributed by atoms with E-state index in [1.54, 1.807) is 31.2 Å². The highest BCUT2D eigenvalue weighted by Crippen LogP contribution is 2.11. The Labute approximate surface area is 114 Å². The molecule has 1 atom stereocenters. The molecule has 106 valence electrons. The second-order valence-electron chi connectivity index (χ2n) is 4.89. The van der Waals surface area contributed by atoms with E-state index < -0.39 is 0 Å². The van der Waals surface area contributed by atoms with Gasteiger partial charge < -0.3 is 21.1 Å². The number of nitrogens with two attached hydrogens (primary N) is 1. The summed E-state index contributed by atoms with van der Waals surface area (Å²) in [6.45, 7) is 3.17. The topological polar surface area (TPSA) is 78.6 Å². The first-order valence-corrected chi connectivity index (χ1v) is 6.49. The molecule has 5 nitrogen and oxygen atoms in total. The number of likely N-dealkylation sites (N-methyl/N-ethyl adjacent to an activating group) is 1. The van der Waals surface area contributed by atoms with Crippen molar-refractivity contribution in [2.75, 3.05) is 31.2 Å². The number of hydrogen-bond acceptors (Lipinski definition) is 4. The number of carbonyl (C=O) groups is 1. The number of amides is 1. The van der Waals surface area contributed by atoms with E-state index in [0.29, 0.717) is 18.7 Å². The predicted octanol–water partition coefficient (Wildman–Crippen LogP) is 1.30. The highest BCUT2D eigenvalue weighted by Gasteiger charge is 2.05. The standard InChI is InChI=1S/C14H23N3O2/c1-11(18)10-17(2)9-3-4-14(19)16-13-7-5-12(15)6-8-13/h5-8,11,18H,3-4,9-10,15H2,1-2H3,(H,16,19). The summed E-state index contributed by atoms with van der Waals surface area (Å²) in [6, 6.07) is 7.08. The van der Waals surface area contributed by atoms with Gasteiger partial charge in [-0.1, -0.05) is 0 Å². The van der Waals surface area contributed by atoms with Crippen molar-refractivity contribution in [1.29, 1.82) is 0 Å². The Morgan fingerprint density at radius 2 is 2.05 bits per heavy atom. The minimum absolute atomic E-state index is 0.00443. The van der Waals surface area contributed by atoms with Crippen LogP contribution < -0.4 is 11.1 Å². The van der Waals surface area contributed by atoms with E-state index in [4.69, 9.17) is 5.73 Å². The van der Waals surface area contributed by atoms with Gasteiger partial charge in [0.1, 0.15) is 0 Å². The van der Waals surface area contributed by atoms with E-state index in [-0.39, 0.29) is 12.0 Å². The van der Waals surface area contributed by atoms with Crippen LogP contribution in [0.3, 0.4) is 0 Å². The molecule has 0 bridgehead atoms. The predicted molar refractivity (Wildman–Crippen MR) is 77.9 cm³/mol. The van der Waals surface area contributed by atoms with Gasteiger partial charge in [-0.3, -0.25) is 4.79 Å². The summed E-state index contributed by atoms with van der Waals surface area (Å²) >= 11 is 0. The van der Waals surface area contributed by atoms with Gasteiger partial charge in [-0.2, -0.15) is 0 Å². The van der Waals surface area contributed by atoms with Crippen LogP contribution in [0.25, 0.3) is 0 Å². The maximum absolute atomic E-state index is 11.7. The van der Waals surface area contributed by atoms with E-state index in [9.17, 15) is 9.90 Å². The Morgan fingerprint density at radius 3 is 2.63 bits per heavy atom. The first-order valence-electron chi connectivity index (χ1n) is 6.49. The Morgan fingerprint density at radius 1 is 1.42 bits per heavy atom. The number of carbonyl (C=O) groups excluding carboxylic acids is 1. The summed E-state index contributed by atoms with van der Waals surface area (Å²) in [4.78, 5) is 13.7. The average molecular weight is 265 g/mol. The molecule has 0 radical (unpaired) electrons. The molecule has 0 saturated carbocycles. The molecule has 0 aromatic heterocycles. The number of benzene rings is 1. The third-order valence-electron chi connectivity index (χ3n) is 2.71. The number of aliphatic hydroxyl groups is 1. The van der Waals surface area contributed by atoms with Gasteiger partial charge >= 0.3 is 0 Å². The molecule has 1 aromatic carbocycles. The maximum Gasteiger partial charge on any atom is 0.224 e. The lowest BCUT2D eigenvalue weighted by Crippen LogP contribution is -2.28. The van der Waals surface area contributed by atoms with Crippen molar-refractivity contribution in [2.45, 2.75) is 25.9 Å². The number of nitrogens with zero attached hydrogens (tertiary/aromatic N) is 1. The van der Waals surface area contributed by atoms with Crippen molar-refractivity contribution in [3.8, 4) is 0 Å². The number of aliphatic hydroxyl groups excluding tert-OH is 1. The smallest absolute Gasteiger partial charge is 0.224 e. The molecule has 1 amide bonds. The van der Waals surface area contributed by atoms with E-state index >= 15 is 0 Å². The monoisotopic (exact) mass is 265 g/mol. The van der Waals surface area contributed by atoms with Crippen LogP contribution in [-0.2, 0) is 4.79 Å². The van der Waals surface area contributed by atoms with E-state index in [2.05, 4.69) is 5.32 Å². The fraction of sp³-hybridized carbons (Fsp3) is 0.500. The van der Waals surface area contributed by atoms with E-state index in [1.807, 2.05) is 11.9 Å². The van der Waals surface area contributed by atoms with Crippen LogP contribution in [0.2, 0.25) is 0 Å². The molecule has 0 aliphatic carbocycles. The molecule has 0 fully saturated rings.